The van der Waals surface area contributed by atoms with Crippen molar-refractivity contribution >= 4 is 6.16 Å². The maximum absolute atomic E-state index is 10.6. The fourth-order valence-corrected chi connectivity index (χ4v) is 3.04. The lowest BCUT2D eigenvalue weighted by atomic mass is 9.65. The minimum atomic E-state index is -1.15. The molecule has 1 saturated carbocycles. The van der Waals surface area contributed by atoms with Crippen LogP contribution in [0, 0.1) is 17.3 Å². The average molecular weight is 228 g/mol. The molecule has 0 bridgehead atoms. The van der Waals surface area contributed by atoms with Gasteiger partial charge >= 0.3 is 6.16 Å². The van der Waals surface area contributed by atoms with E-state index >= 15 is 0 Å². The van der Waals surface area contributed by atoms with Crippen molar-refractivity contribution in [3.05, 3.63) is 0 Å². The average Bonchev–Trinajstić information content (AvgIpc) is 2.15. The molecule has 0 aromatic heterocycles. The molecule has 16 heavy (non-hydrogen) atoms. The molecule has 1 N–H and O–H groups in total. The lowest BCUT2D eigenvalue weighted by Gasteiger charge is -2.42. The van der Waals surface area contributed by atoms with Gasteiger partial charge in [-0.15, -0.1) is 0 Å². The summed E-state index contributed by atoms with van der Waals surface area (Å²) >= 11 is 0. The number of rotatable bonds is 2. The maximum atomic E-state index is 10.6. The van der Waals surface area contributed by atoms with Gasteiger partial charge in [-0.25, -0.2) is 4.79 Å². The molecule has 1 rings (SSSR count). The summed E-state index contributed by atoms with van der Waals surface area (Å²) < 4.78 is 4.93. The summed E-state index contributed by atoms with van der Waals surface area (Å²) in [6.45, 7) is 8.61. The van der Waals surface area contributed by atoms with E-state index in [-0.39, 0.29) is 11.5 Å². The summed E-state index contributed by atoms with van der Waals surface area (Å²) in [6, 6.07) is 0. The van der Waals surface area contributed by atoms with Gasteiger partial charge in [0.05, 0.1) is 0 Å². The van der Waals surface area contributed by atoms with Gasteiger partial charge in [-0.3, -0.25) is 0 Å². The molecule has 94 valence electrons. The molecule has 0 radical (unpaired) electrons. The van der Waals surface area contributed by atoms with E-state index in [0.29, 0.717) is 11.8 Å². The smallest absolute Gasteiger partial charge is 0.450 e. The Hall–Kier alpha value is -0.730. The molecule has 3 nitrogen and oxygen atoms in total. The van der Waals surface area contributed by atoms with Crippen LogP contribution in [-0.4, -0.2) is 17.4 Å². The molecule has 0 aromatic carbocycles. The van der Waals surface area contributed by atoms with Crippen molar-refractivity contribution < 1.29 is 14.6 Å². The first-order valence-corrected chi connectivity index (χ1v) is 6.22. The monoisotopic (exact) mass is 228 g/mol. The summed E-state index contributed by atoms with van der Waals surface area (Å²) in [4.78, 5) is 10.6. The Morgan fingerprint density at radius 1 is 1.31 bits per heavy atom. The third-order valence-corrected chi connectivity index (χ3v) is 3.82. The zero-order valence-electron chi connectivity index (χ0n) is 10.8. The molecule has 3 heteroatoms. The van der Waals surface area contributed by atoms with Crippen molar-refractivity contribution in [2.45, 2.75) is 59.5 Å². The van der Waals surface area contributed by atoms with E-state index in [1.165, 1.54) is 19.3 Å². The van der Waals surface area contributed by atoms with Crippen LogP contribution in [0.25, 0.3) is 0 Å². The van der Waals surface area contributed by atoms with Gasteiger partial charge in [0.25, 0.3) is 0 Å². The number of ether oxygens (including phenoxy) is 1. The van der Waals surface area contributed by atoms with Gasteiger partial charge in [-0.1, -0.05) is 33.6 Å². The van der Waals surface area contributed by atoms with E-state index in [1.807, 2.05) is 6.92 Å². The summed E-state index contributed by atoms with van der Waals surface area (Å²) in [6.07, 6.45) is 3.42. The van der Waals surface area contributed by atoms with Crippen LogP contribution in [0.1, 0.15) is 53.4 Å². The van der Waals surface area contributed by atoms with Crippen LogP contribution in [0.4, 0.5) is 4.79 Å². The highest BCUT2D eigenvalue weighted by atomic mass is 16.7. The van der Waals surface area contributed by atoms with Gasteiger partial charge in [0.15, 0.2) is 0 Å². The highest BCUT2D eigenvalue weighted by Gasteiger charge is 2.38. The molecular formula is C13H24O3. The summed E-state index contributed by atoms with van der Waals surface area (Å²) in [7, 11) is 0. The zero-order chi connectivity index (χ0) is 12.3. The van der Waals surface area contributed by atoms with Gasteiger partial charge in [0, 0.05) is 0 Å². The predicted molar refractivity (Wildman–Crippen MR) is 63.5 cm³/mol. The Labute approximate surface area is 98.2 Å². The summed E-state index contributed by atoms with van der Waals surface area (Å²) in [5.74, 6) is 0.945. The number of carboxylic acid groups (broad SMARTS) is 1. The molecule has 0 amide bonds. The lowest BCUT2D eigenvalue weighted by Crippen LogP contribution is -2.38. The molecule has 3 atom stereocenters. The summed E-state index contributed by atoms with van der Waals surface area (Å²) in [5.41, 5.74) is 0.237. The third-order valence-electron chi connectivity index (χ3n) is 3.82. The quantitative estimate of drug-likeness (QED) is 0.728. The molecule has 1 aliphatic rings. The van der Waals surface area contributed by atoms with Gasteiger partial charge in [-0.2, -0.15) is 0 Å². The van der Waals surface area contributed by atoms with E-state index in [4.69, 9.17) is 9.84 Å². The van der Waals surface area contributed by atoms with Crippen LogP contribution < -0.4 is 0 Å². The second-order valence-electron chi connectivity index (χ2n) is 6.01. The van der Waals surface area contributed by atoms with Crippen LogP contribution >= 0.6 is 0 Å². The Bertz CT molecular complexity index is 242. The van der Waals surface area contributed by atoms with E-state index in [9.17, 15) is 4.79 Å². The van der Waals surface area contributed by atoms with Crippen molar-refractivity contribution in [3.8, 4) is 0 Å². The number of hydrogen-bond acceptors (Lipinski definition) is 2. The first-order chi connectivity index (χ1) is 7.32. The third kappa shape index (κ3) is 3.39. The zero-order valence-corrected chi connectivity index (χ0v) is 10.8. The van der Waals surface area contributed by atoms with Crippen LogP contribution in [0.2, 0.25) is 0 Å². The first kappa shape index (κ1) is 13.3. The van der Waals surface area contributed by atoms with Crippen LogP contribution in [0.3, 0.4) is 0 Å². The predicted octanol–water partition coefficient (Wildman–Crippen LogP) is 3.92. The fraction of sp³-hybridized carbons (Fsp3) is 0.923. The second kappa shape index (κ2) is 5.07. The molecule has 1 fully saturated rings. The van der Waals surface area contributed by atoms with E-state index < -0.39 is 6.16 Å². The highest BCUT2D eigenvalue weighted by Crippen LogP contribution is 2.43. The van der Waals surface area contributed by atoms with Crippen molar-refractivity contribution in [1.29, 1.82) is 0 Å². The highest BCUT2D eigenvalue weighted by molar-refractivity contribution is 5.57. The van der Waals surface area contributed by atoms with E-state index in [0.717, 1.165) is 6.42 Å². The molecular weight excluding hydrogens is 204 g/mol. The van der Waals surface area contributed by atoms with Gasteiger partial charge in [-0.05, 0) is 37.0 Å². The van der Waals surface area contributed by atoms with Crippen molar-refractivity contribution in [3.63, 3.8) is 0 Å². The molecule has 0 saturated heterocycles. The van der Waals surface area contributed by atoms with Crippen molar-refractivity contribution in [2.75, 3.05) is 0 Å². The van der Waals surface area contributed by atoms with Crippen LogP contribution in [0.15, 0.2) is 0 Å². The summed E-state index contributed by atoms with van der Waals surface area (Å²) in [5, 5.41) is 8.68. The normalized spacial score (nSPS) is 28.5. The minimum Gasteiger partial charge on any atom is -0.450 e. The van der Waals surface area contributed by atoms with Gasteiger partial charge in [0.2, 0.25) is 0 Å². The van der Waals surface area contributed by atoms with E-state index in [1.54, 1.807) is 0 Å². The van der Waals surface area contributed by atoms with Crippen molar-refractivity contribution in [2.24, 2.45) is 17.3 Å². The largest absolute Gasteiger partial charge is 0.506 e. The molecule has 0 spiro atoms. The Kier molecular flexibility index (Phi) is 4.22. The second-order valence-corrected chi connectivity index (χ2v) is 6.01. The Morgan fingerprint density at radius 3 is 2.38 bits per heavy atom. The molecule has 3 unspecified atom stereocenters. The molecule has 0 aliphatic heterocycles. The minimum absolute atomic E-state index is 0.179. The number of hydrogen-bond donors (Lipinski definition) is 1. The fourth-order valence-electron chi connectivity index (χ4n) is 3.04. The van der Waals surface area contributed by atoms with E-state index in [2.05, 4.69) is 20.8 Å². The Morgan fingerprint density at radius 2 is 1.88 bits per heavy atom. The van der Waals surface area contributed by atoms with Crippen LogP contribution in [-0.2, 0) is 4.74 Å². The maximum Gasteiger partial charge on any atom is 0.506 e. The van der Waals surface area contributed by atoms with Crippen molar-refractivity contribution in [1.82, 2.24) is 0 Å². The van der Waals surface area contributed by atoms with Crippen LogP contribution in [0.5, 0.6) is 0 Å². The Balaban J connectivity index is 2.70. The SMILES string of the molecule is CC(OC(=O)O)C1CCCCC1C(C)(C)C. The molecule has 0 aromatic rings. The van der Waals surface area contributed by atoms with Gasteiger partial charge < -0.3 is 9.84 Å². The molecule has 1 aliphatic carbocycles. The number of carbonyl (C=O) groups is 1. The standard InChI is InChI=1S/C13H24O3/c1-9(16-12(14)15)10-7-5-6-8-11(10)13(2,3)4/h9-11H,5-8H2,1-4H3,(H,14,15). The first-order valence-electron chi connectivity index (χ1n) is 6.22. The lowest BCUT2D eigenvalue weighted by molar-refractivity contribution is -0.0185. The van der Waals surface area contributed by atoms with Gasteiger partial charge in [0.1, 0.15) is 6.10 Å². The topological polar surface area (TPSA) is 46.5 Å². The molecule has 0 heterocycles.